The molecular formula is C21H23N5O3S. The van der Waals surface area contributed by atoms with Crippen LogP contribution < -0.4 is 5.32 Å². The second-order valence-corrected chi connectivity index (χ2v) is 9.27. The van der Waals surface area contributed by atoms with Gasteiger partial charge in [-0.1, -0.05) is 23.8 Å². The SMILES string of the molecule is Cc1ccc(S(=O)(=O)N2Cc3ccnn3[C@@H](CC(=O)NCc3ccccn3)C2)cc1. The minimum absolute atomic E-state index is 0.126. The highest BCUT2D eigenvalue weighted by molar-refractivity contribution is 7.89. The summed E-state index contributed by atoms with van der Waals surface area (Å²) in [5, 5.41) is 7.16. The quantitative estimate of drug-likeness (QED) is 0.652. The van der Waals surface area contributed by atoms with E-state index in [1.807, 2.05) is 25.1 Å². The zero-order valence-corrected chi connectivity index (χ0v) is 17.4. The van der Waals surface area contributed by atoms with Crippen molar-refractivity contribution in [3.8, 4) is 0 Å². The summed E-state index contributed by atoms with van der Waals surface area (Å²) in [6.45, 7) is 2.64. The Morgan fingerprint density at radius 3 is 2.67 bits per heavy atom. The Hall–Kier alpha value is -3.04. The molecule has 30 heavy (non-hydrogen) atoms. The van der Waals surface area contributed by atoms with Crippen molar-refractivity contribution < 1.29 is 13.2 Å². The van der Waals surface area contributed by atoms with Crippen molar-refractivity contribution in [1.82, 2.24) is 24.4 Å². The van der Waals surface area contributed by atoms with Crippen LogP contribution in [0.5, 0.6) is 0 Å². The molecule has 0 saturated heterocycles. The van der Waals surface area contributed by atoms with Crippen LogP contribution in [0.1, 0.15) is 29.4 Å². The highest BCUT2D eigenvalue weighted by atomic mass is 32.2. The summed E-state index contributed by atoms with van der Waals surface area (Å²) >= 11 is 0. The number of pyridine rings is 1. The number of nitrogens with one attached hydrogen (secondary N) is 1. The molecule has 1 aromatic carbocycles. The number of carbonyl (C=O) groups is 1. The number of hydrogen-bond donors (Lipinski definition) is 1. The predicted octanol–water partition coefficient (Wildman–Crippen LogP) is 2.04. The van der Waals surface area contributed by atoms with Gasteiger partial charge in [-0.3, -0.25) is 14.5 Å². The van der Waals surface area contributed by atoms with Gasteiger partial charge in [-0.25, -0.2) is 8.42 Å². The summed E-state index contributed by atoms with van der Waals surface area (Å²) in [4.78, 5) is 17.0. The first-order valence-electron chi connectivity index (χ1n) is 9.69. The Morgan fingerprint density at radius 2 is 1.93 bits per heavy atom. The molecule has 1 aliphatic heterocycles. The maximum atomic E-state index is 13.2. The van der Waals surface area contributed by atoms with Crippen molar-refractivity contribution in [2.45, 2.75) is 37.4 Å². The van der Waals surface area contributed by atoms with E-state index < -0.39 is 10.0 Å². The van der Waals surface area contributed by atoms with Crippen LogP contribution in [0.2, 0.25) is 0 Å². The molecular weight excluding hydrogens is 402 g/mol. The van der Waals surface area contributed by atoms with Crippen molar-refractivity contribution in [3.05, 3.63) is 77.9 Å². The zero-order chi connectivity index (χ0) is 21.1. The standard InChI is InChI=1S/C21H23N5O3S/c1-16-5-7-20(8-6-16)30(28,29)25-14-18-9-11-24-26(18)19(15-25)12-21(27)23-13-17-4-2-3-10-22-17/h2-11,19H,12-15H2,1H3,(H,23,27)/t19-/m0/s1. The van der Waals surface area contributed by atoms with E-state index >= 15 is 0 Å². The second-order valence-electron chi connectivity index (χ2n) is 7.33. The van der Waals surface area contributed by atoms with E-state index in [0.29, 0.717) is 6.54 Å². The van der Waals surface area contributed by atoms with E-state index in [1.165, 1.54) is 4.31 Å². The number of amides is 1. The summed E-state index contributed by atoms with van der Waals surface area (Å²) < 4.78 is 29.5. The minimum atomic E-state index is -3.67. The van der Waals surface area contributed by atoms with Crippen LogP contribution in [0, 0.1) is 6.92 Å². The van der Waals surface area contributed by atoms with Gasteiger partial charge in [0, 0.05) is 18.9 Å². The lowest BCUT2D eigenvalue weighted by Crippen LogP contribution is -2.42. The summed E-state index contributed by atoms with van der Waals surface area (Å²) in [5.74, 6) is -0.179. The fourth-order valence-electron chi connectivity index (χ4n) is 3.52. The van der Waals surface area contributed by atoms with Crippen LogP contribution >= 0.6 is 0 Å². The highest BCUT2D eigenvalue weighted by Crippen LogP contribution is 2.28. The van der Waals surface area contributed by atoms with Gasteiger partial charge in [-0.15, -0.1) is 0 Å². The highest BCUT2D eigenvalue weighted by Gasteiger charge is 2.34. The number of hydrogen-bond acceptors (Lipinski definition) is 5. The number of aryl methyl sites for hydroxylation is 1. The third kappa shape index (κ3) is 4.27. The molecule has 1 aliphatic rings. The summed E-state index contributed by atoms with van der Waals surface area (Å²) in [7, 11) is -3.67. The third-order valence-electron chi connectivity index (χ3n) is 5.12. The van der Waals surface area contributed by atoms with E-state index in [4.69, 9.17) is 0 Å². The molecule has 3 heterocycles. The Balaban J connectivity index is 1.49. The number of rotatable bonds is 6. The van der Waals surface area contributed by atoms with Gasteiger partial charge in [-0.2, -0.15) is 9.40 Å². The fourth-order valence-corrected chi connectivity index (χ4v) is 4.97. The molecule has 2 aromatic heterocycles. The lowest BCUT2D eigenvalue weighted by molar-refractivity contribution is -0.122. The van der Waals surface area contributed by atoms with Gasteiger partial charge >= 0.3 is 0 Å². The average Bonchev–Trinajstić information content (AvgIpc) is 3.22. The molecule has 4 rings (SSSR count). The first kappa shape index (κ1) is 20.2. The van der Waals surface area contributed by atoms with Gasteiger partial charge in [0.05, 0.1) is 41.8 Å². The lowest BCUT2D eigenvalue weighted by Gasteiger charge is -2.33. The van der Waals surface area contributed by atoms with E-state index in [9.17, 15) is 13.2 Å². The first-order chi connectivity index (χ1) is 14.4. The van der Waals surface area contributed by atoms with Crippen LogP contribution in [-0.4, -0.2) is 39.9 Å². The predicted molar refractivity (Wildman–Crippen MR) is 111 cm³/mol. The largest absolute Gasteiger partial charge is 0.350 e. The molecule has 9 heteroatoms. The Morgan fingerprint density at radius 1 is 1.13 bits per heavy atom. The third-order valence-corrected chi connectivity index (χ3v) is 6.95. The fraction of sp³-hybridized carbons (Fsp3) is 0.286. The second kappa shape index (κ2) is 8.37. The smallest absolute Gasteiger partial charge is 0.243 e. The van der Waals surface area contributed by atoms with Crippen molar-refractivity contribution >= 4 is 15.9 Å². The Labute approximate surface area is 175 Å². The zero-order valence-electron chi connectivity index (χ0n) is 16.6. The van der Waals surface area contributed by atoms with Gasteiger partial charge in [-0.05, 0) is 37.3 Å². The molecule has 0 bridgehead atoms. The van der Waals surface area contributed by atoms with Crippen LogP contribution in [0.25, 0.3) is 0 Å². The molecule has 0 aliphatic carbocycles. The van der Waals surface area contributed by atoms with Gasteiger partial charge < -0.3 is 5.32 Å². The lowest BCUT2D eigenvalue weighted by atomic mass is 10.1. The van der Waals surface area contributed by atoms with Gasteiger partial charge in [0.15, 0.2) is 0 Å². The normalized spacial score (nSPS) is 16.8. The molecule has 3 aromatic rings. The summed E-state index contributed by atoms with van der Waals surface area (Å²) in [6, 6.07) is 13.7. The summed E-state index contributed by atoms with van der Waals surface area (Å²) in [6.07, 6.45) is 3.43. The van der Waals surface area contributed by atoms with E-state index in [1.54, 1.807) is 47.4 Å². The molecule has 0 spiro atoms. The van der Waals surface area contributed by atoms with E-state index in [0.717, 1.165) is 17.0 Å². The molecule has 1 atom stereocenters. The van der Waals surface area contributed by atoms with Crippen molar-refractivity contribution in [3.63, 3.8) is 0 Å². The number of carbonyl (C=O) groups excluding carboxylic acids is 1. The number of aromatic nitrogens is 3. The molecule has 0 fully saturated rings. The maximum Gasteiger partial charge on any atom is 0.243 e. The maximum absolute atomic E-state index is 13.2. The monoisotopic (exact) mass is 425 g/mol. The van der Waals surface area contributed by atoms with E-state index in [-0.39, 0.29) is 36.4 Å². The number of nitrogens with zero attached hydrogens (tertiary/aromatic N) is 4. The van der Waals surface area contributed by atoms with Crippen molar-refractivity contribution in [1.29, 1.82) is 0 Å². The first-order valence-corrected chi connectivity index (χ1v) is 11.1. The van der Waals surface area contributed by atoms with Crippen molar-refractivity contribution in [2.24, 2.45) is 0 Å². The molecule has 8 nitrogen and oxygen atoms in total. The number of fused-ring (bicyclic) bond motifs is 1. The molecule has 0 saturated carbocycles. The van der Waals surface area contributed by atoms with Gasteiger partial charge in [0.25, 0.3) is 0 Å². The molecule has 1 amide bonds. The van der Waals surface area contributed by atoms with Crippen LogP contribution in [0.3, 0.4) is 0 Å². The number of sulfonamides is 1. The average molecular weight is 426 g/mol. The van der Waals surface area contributed by atoms with Crippen LogP contribution in [0.15, 0.2) is 65.8 Å². The van der Waals surface area contributed by atoms with Crippen LogP contribution in [0.4, 0.5) is 0 Å². The molecule has 156 valence electrons. The van der Waals surface area contributed by atoms with Crippen molar-refractivity contribution in [2.75, 3.05) is 6.54 Å². The molecule has 1 N–H and O–H groups in total. The van der Waals surface area contributed by atoms with Gasteiger partial charge in [0.1, 0.15) is 0 Å². The number of benzene rings is 1. The van der Waals surface area contributed by atoms with Crippen LogP contribution in [-0.2, 0) is 27.9 Å². The topological polar surface area (TPSA) is 97.2 Å². The van der Waals surface area contributed by atoms with E-state index in [2.05, 4.69) is 15.4 Å². The Kier molecular flexibility index (Phi) is 5.65. The molecule has 0 unspecified atom stereocenters. The Bertz CT molecular complexity index is 1130. The molecule has 0 radical (unpaired) electrons. The minimum Gasteiger partial charge on any atom is -0.350 e. The van der Waals surface area contributed by atoms with Gasteiger partial charge in [0.2, 0.25) is 15.9 Å². The summed E-state index contributed by atoms with van der Waals surface area (Å²) in [5.41, 5.74) is 2.52.